The van der Waals surface area contributed by atoms with E-state index in [1.54, 1.807) is 4.90 Å². The average Bonchev–Trinajstić information content (AvgIpc) is 2.35. The van der Waals surface area contributed by atoms with Crippen molar-refractivity contribution in [2.45, 2.75) is 40.5 Å². The largest absolute Gasteiger partial charge is 0.466 e. The highest BCUT2D eigenvalue weighted by Crippen LogP contribution is 2.19. The molecule has 0 radical (unpaired) electrons. The molecule has 0 bridgehead atoms. The van der Waals surface area contributed by atoms with Gasteiger partial charge in [-0.3, -0.25) is 4.79 Å². The Bertz CT molecular complexity index is 315. The van der Waals surface area contributed by atoms with Gasteiger partial charge in [0.25, 0.3) is 0 Å². The summed E-state index contributed by atoms with van der Waals surface area (Å²) in [5, 5.41) is 2.93. The third-order valence-electron chi connectivity index (χ3n) is 3.17. The number of esters is 1. The van der Waals surface area contributed by atoms with Crippen LogP contribution in [0.25, 0.3) is 0 Å². The number of piperidine rings is 1. The number of likely N-dealkylation sites (tertiary alicyclic amines) is 1. The van der Waals surface area contributed by atoms with E-state index in [1.807, 2.05) is 6.92 Å². The van der Waals surface area contributed by atoms with Crippen LogP contribution < -0.4 is 5.32 Å². The molecule has 1 rings (SSSR count). The van der Waals surface area contributed by atoms with Crippen LogP contribution in [0.4, 0.5) is 4.79 Å². The molecule has 0 aromatic carbocycles. The first kappa shape index (κ1) is 15.8. The number of urea groups is 1. The molecule has 0 atom stereocenters. The molecule has 19 heavy (non-hydrogen) atoms. The quantitative estimate of drug-likeness (QED) is 0.798. The van der Waals surface area contributed by atoms with E-state index in [0.717, 1.165) is 0 Å². The minimum atomic E-state index is -0.128. The summed E-state index contributed by atoms with van der Waals surface area (Å²) in [5.41, 5.74) is 0.0823. The lowest BCUT2D eigenvalue weighted by Gasteiger charge is -2.31. The molecule has 1 fully saturated rings. The van der Waals surface area contributed by atoms with Crippen molar-refractivity contribution in [3.63, 3.8) is 0 Å². The number of rotatable bonds is 3. The summed E-state index contributed by atoms with van der Waals surface area (Å²) in [6.45, 7) is 10.4. The summed E-state index contributed by atoms with van der Waals surface area (Å²) < 4.78 is 5.01. The van der Waals surface area contributed by atoms with Crippen LogP contribution in [-0.2, 0) is 9.53 Å². The van der Waals surface area contributed by atoms with Gasteiger partial charge in [0.05, 0.1) is 12.5 Å². The van der Waals surface area contributed by atoms with Crippen LogP contribution in [-0.4, -0.2) is 43.1 Å². The number of carbonyl (C=O) groups is 2. The molecule has 0 aromatic rings. The lowest BCUT2D eigenvalue weighted by atomic mass is 9.96. The molecule has 1 aliphatic rings. The zero-order valence-electron chi connectivity index (χ0n) is 12.5. The molecule has 110 valence electrons. The highest BCUT2D eigenvalue weighted by Gasteiger charge is 2.28. The monoisotopic (exact) mass is 270 g/mol. The molecule has 5 nitrogen and oxygen atoms in total. The Hall–Kier alpha value is -1.26. The molecule has 0 unspecified atom stereocenters. The maximum absolute atomic E-state index is 11.9. The number of amides is 2. The minimum absolute atomic E-state index is 0.0303. The fourth-order valence-electron chi connectivity index (χ4n) is 2.03. The van der Waals surface area contributed by atoms with E-state index >= 15 is 0 Å². The van der Waals surface area contributed by atoms with Gasteiger partial charge in [-0.15, -0.1) is 0 Å². The topological polar surface area (TPSA) is 58.6 Å². The first-order chi connectivity index (χ1) is 8.83. The number of carbonyl (C=O) groups excluding carboxylic acids is 2. The minimum Gasteiger partial charge on any atom is -0.466 e. The second-order valence-corrected chi connectivity index (χ2v) is 6.23. The van der Waals surface area contributed by atoms with Gasteiger partial charge in [-0.1, -0.05) is 20.8 Å². The molecule has 1 saturated heterocycles. The number of nitrogens with one attached hydrogen (secondary N) is 1. The average molecular weight is 270 g/mol. The second kappa shape index (κ2) is 6.78. The molecule has 2 amide bonds. The van der Waals surface area contributed by atoms with E-state index in [0.29, 0.717) is 39.1 Å². The predicted molar refractivity (Wildman–Crippen MR) is 73.8 cm³/mol. The van der Waals surface area contributed by atoms with Gasteiger partial charge < -0.3 is 15.0 Å². The molecular weight excluding hydrogens is 244 g/mol. The van der Waals surface area contributed by atoms with E-state index < -0.39 is 0 Å². The van der Waals surface area contributed by atoms with Gasteiger partial charge in [0.2, 0.25) is 0 Å². The summed E-state index contributed by atoms with van der Waals surface area (Å²) in [6.07, 6.45) is 1.39. The van der Waals surface area contributed by atoms with Crippen molar-refractivity contribution < 1.29 is 14.3 Å². The number of hydrogen-bond donors (Lipinski definition) is 1. The first-order valence-corrected chi connectivity index (χ1v) is 7.03. The second-order valence-electron chi connectivity index (χ2n) is 6.23. The molecule has 0 aliphatic carbocycles. The molecule has 1 N–H and O–H groups in total. The molecule has 0 spiro atoms. The van der Waals surface area contributed by atoms with Gasteiger partial charge in [-0.05, 0) is 25.2 Å². The van der Waals surface area contributed by atoms with Crippen LogP contribution in [0.2, 0.25) is 0 Å². The zero-order valence-corrected chi connectivity index (χ0v) is 12.5. The summed E-state index contributed by atoms with van der Waals surface area (Å²) in [6, 6.07) is -0.0303. The van der Waals surface area contributed by atoms with Crippen molar-refractivity contribution in [3.8, 4) is 0 Å². The van der Waals surface area contributed by atoms with E-state index in [9.17, 15) is 9.59 Å². The summed E-state index contributed by atoms with van der Waals surface area (Å²) >= 11 is 0. The van der Waals surface area contributed by atoms with Crippen LogP contribution in [0.3, 0.4) is 0 Å². The lowest BCUT2D eigenvalue weighted by Crippen LogP contribution is -2.47. The SMILES string of the molecule is CCOC(=O)C1CCN(C(=O)NCC(C)(C)C)CC1. The van der Waals surface area contributed by atoms with Crippen LogP contribution in [0, 0.1) is 11.3 Å². The lowest BCUT2D eigenvalue weighted by molar-refractivity contribution is -0.149. The van der Waals surface area contributed by atoms with Gasteiger partial charge in [-0.2, -0.15) is 0 Å². The standard InChI is InChI=1S/C14H26N2O3/c1-5-19-12(17)11-6-8-16(9-7-11)13(18)15-10-14(2,3)4/h11H,5-10H2,1-4H3,(H,15,18). The number of hydrogen-bond acceptors (Lipinski definition) is 3. The fraction of sp³-hybridized carbons (Fsp3) is 0.857. The van der Waals surface area contributed by atoms with E-state index in [4.69, 9.17) is 4.74 Å². The molecule has 5 heteroatoms. The van der Waals surface area contributed by atoms with Crippen molar-refractivity contribution in [1.82, 2.24) is 10.2 Å². The number of ether oxygens (including phenoxy) is 1. The molecule has 0 aromatic heterocycles. The normalized spacial score (nSPS) is 17.2. The van der Waals surface area contributed by atoms with E-state index in [1.165, 1.54) is 0 Å². The molecule has 0 saturated carbocycles. The Labute approximate surface area is 115 Å². The number of nitrogens with zero attached hydrogens (tertiary/aromatic N) is 1. The Balaban J connectivity index is 2.33. The summed E-state index contributed by atoms with van der Waals surface area (Å²) in [4.78, 5) is 25.3. The Morgan fingerprint density at radius 1 is 1.26 bits per heavy atom. The van der Waals surface area contributed by atoms with Gasteiger partial charge in [0.15, 0.2) is 0 Å². The molecular formula is C14H26N2O3. The van der Waals surface area contributed by atoms with Crippen LogP contribution in [0.1, 0.15) is 40.5 Å². The van der Waals surface area contributed by atoms with E-state index in [2.05, 4.69) is 26.1 Å². The third-order valence-corrected chi connectivity index (χ3v) is 3.17. The van der Waals surface area contributed by atoms with Crippen LogP contribution in [0.15, 0.2) is 0 Å². The van der Waals surface area contributed by atoms with Crippen molar-refractivity contribution in [2.24, 2.45) is 11.3 Å². The van der Waals surface area contributed by atoms with Crippen molar-refractivity contribution in [2.75, 3.05) is 26.2 Å². The summed E-state index contributed by atoms with van der Waals surface area (Å²) in [7, 11) is 0. The van der Waals surface area contributed by atoms with Gasteiger partial charge in [-0.25, -0.2) is 4.79 Å². The first-order valence-electron chi connectivity index (χ1n) is 7.03. The maximum atomic E-state index is 11.9. The molecule has 1 aliphatic heterocycles. The summed E-state index contributed by atoms with van der Waals surface area (Å²) in [5.74, 6) is -0.177. The Morgan fingerprint density at radius 3 is 2.32 bits per heavy atom. The zero-order chi connectivity index (χ0) is 14.5. The highest BCUT2D eigenvalue weighted by atomic mass is 16.5. The van der Waals surface area contributed by atoms with Gasteiger partial charge in [0, 0.05) is 19.6 Å². The fourth-order valence-corrected chi connectivity index (χ4v) is 2.03. The van der Waals surface area contributed by atoms with Crippen molar-refractivity contribution in [1.29, 1.82) is 0 Å². The van der Waals surface area contributed by atoms with Gasteiger partial charge in [0.1, 0.15) is 0 Å². The Kier molecular flexibility index (Phi) is 5.63. The third kappa shape index (κ3) is 5.49. The van der Waals surface area contributed by atoms with Gasteiger partial charge >= 0.3 is 12.0 Å². The van der Waals surface area contributed by atoms with Crippen LogP contribution >= 0.6 is 0 Å². The van der Waals surface area contributed by atoms with Crippen molar-refractivity contribution in [3.05, 3.63) is 0 Å². The smallest absolute Gasteiger partial charge is 0.317 e. The predicted octanol–water partition coefficient (Wildman–Crippen LogP) is 2.02. The van der Waals surface area contributed by atoms with E-state index in [-0.39, 0.29) is 23.3 Å². The van der Waals surface area contributed by atoms with Crippen LogP contribution in [0.5, 0.6) is 0 Å². The molecule has 1 heterocycles. The highest BCUT2D eigenvalue weighted by molar-refractivity contribution is 5.76. The maximum Gasteiger partial charge on any atom is 0.317 e. The Morgan fingerprint density at radius 2 is 1.84 bits per heavy atom. The van der Waals surface area contributed by atoms with Crippen molar-refractivity contribution >= 4 is 12.0 Å².